The first kappa shape index (κ1) is 53.9. The summed E-state index contributed by atoms with van der Waals surface area (Å²) in [5.41, 5.74) is 15.6. The van der Waals surface area contributed by atoms with Crippen LogP contribution in [0.25, 0.3) is 38.8 Å². The van der Waals surface area contributed by atoms with Crippen LogP contribution < -0.4 is 14.5 Å². The molecule has 74 heavy (non-hydrogen) atoms. The van der Waals surface area contributed by atoms with Crippen molar-refractivity contribution >= 4 is 44.6 Å². The molecular formula is C68H72N4OPt. The van der Waals surface area contributed by atoms with Crippen LogP contribution in [0.4, 0.5) is 22.7 Å². The normalized spacial score (nSPS) is 13.2. The minimum absolute atomic E-state index is 0. The van der Waals surface area contributed by atoms with Crippen LogP contribution in [-0.4, -0.2) is 9.55 Å². The van der Waals surface area contributed by atoms with E-state index in [-0.39, 0.29) is 55.6 Å². The number of hydrogen-bond acceptors (Lipinski definition) is 4. The van der Waals surface area contributed by atoms with E-state index in [1.54, 1.807) is 0 Å². The number of rotatable bonds is 8. The van der Waals surface area contributed by atoms with E-state index >= 15 is 0 Å². The first-order chi connectivity index (χ1) is 33.9. The van der Waals surface area contributed by atoms with E-state index in [1.807, 2.05) is 18.3 Å². The molecule has 2 aromatic heterocycles. The minimum atomic E-state index is -0.272. The number of pyridine rings is 1. The van der Waals surface area contributed by atoms with Crippen LogP contribution >= 0.6 is 0 Å². The Morgan fingerprint density at radius 3 is 1.72 bits per heavy atom. The standard InChI is InChI=1S/C67H69N4O.CH3.Pt/c1-63(2,3)47-28-31-58-55(37-47)54-30-29-53(40-59(54)71(58)62-38-48(32-33-68-62)64(4,5)6)72-52-27-21-26-50(39-52)69-43-70(61-42-57(66(10,11)12)56(41-60(61)69)65(7,8)9)51-35-45(44-22-17-15-18-23-44)34-49(36-51)67(13,14)46-24-19-16-20-25-46;;/h15-38,41-43H,1-14H3;1H3;/q-3;-1;+4. The summed E-state index contributed by atoms with van der Waals surface area (Å²) in [5.74, 6) is 2.06. The zero-order valence-electron chi connectivity index (χ0n) is 46.1. The van der Waals surface area contributed by atoms with E-state index in [9.17, 15) is 0 Å². The third kappa shape index (κ3) is 10.2. The minimum Gasteiger partial charge on any atom is -0.509 e. The van der Waals surface area contributed by atoms with Crippen molar-refractivity contribution in [3.05, 3.63) is 217 Å². The van der Waals surface area contributed by atoms with Crippen molar-refractivity contribution in [1.29, 1.82) is 0 Å². The fraction of sp³-hybridized carbons (Fsp3) is 0.279. The summed E-state index contributed by atoms with van der Waals surface area (Å²) in [6, 6.07) is 62.5. The van der Waals surface area contributed by atoms with Crippen LogP contribution in [0.1, 0.15) is 130 Å². The van der Waals surface area contributed by atoms with Crippen LogP contribution in [0, 0.1) is 26.2 Å². The summed E-state index contributed by atoms with van der Waals surface area (Å²) in [6.07, 6.45) is 1.92. The molecule has 0 unspecified atom stereocenters. The molecule has 3 heterocycles. The Balaban J connectivity index is 0.00000364. The maximum absolute atomic E-state index is 6.83. The van der Waals surface area contributed by atoms with E-state index in [1.165, 1.54) is 49.9 Å². The van der Waals surface area contributed by atoms with Crippen molar-refractivity contribution in [2.24, 2.45) is 0 Å². The molecule has 0 bridgehead atoms. The van der Waals surface area contributed by atoms with Crippen molar-refractivity contribution < 1.29 is 25.8 Å². The van der Waals surface area contributed by atoms with E-state index in [2.05, 4.69) is 270 Å². The predicted octanol–water partition coefficient (Wildman–Crippen LogP) is 18.6. The van der Waals surface area contributed by atoms with Gasteiger partial charge in [-0.3, -0.25) is 0 Å². The first-order valence-corrected chi connectivity index (χ1v) is 25.5. The maximum Gasteiger partial charge on any atom is 4.00 e. The van der Waals surface area contributed by atoms with E-state index < -0.39 is 0 Å². The smallest absolute Gasteiger partial charge is 0.509 e. The van der Waals surface area contributed by atoms with E-state index in [0.717, 1.165) is 45.0 Å². The largest absolute Gasteiger partial charge is 4.00 e. The van der Waals surface area contributed by atoms with Gasteiger partial charge in [-0.05, 0) is 114 Å². The molecule has 0 aliphatic carbocycles. The third-order valence-electron chi connectivity index (χ3n) is 14.6. The van der Waals surface area contributed by atoms with Gasteiger partial charge < -0.3 is 26.5 Å². The van der Waals surface area contributed by atoms with Crippen LogP contribution in [0.2, 0.25) is 0 Å². The molecule has 0 amide bonds. The summed E-state index contributed by atoms with van der Waals surface area (Å²) >= 11 is 0. The van der Waals surface area contributed by atoms with Gasteiger partial charge in [0, 0.05) is 45.7 Å². The van der Waals surface area contributed by atoms with Crippen molar-refractivity contribution in [1.82, 2.24) is 9.55 Å². The third-order valence-corrected chi connectivity index (χ3v) is 14.6. The Morgan fingerprint density at radius 1 is 0.473 bits per heavy atom. The van der Waals surface area contributed by atoms with E-state index in [4.69, 9.17) is 9.72 Å². The zero-order valence-corrected chi connectivity index (χ0v) is 48.4. The molecule has 0 atom stereocenters. The number of ether oxygens (including phenoxy) is 1. The van der Waals surface area contributed by atoms with E-state index in [0.29, 0.717) is 11.5 Å². The molecule has 0 radical (unpaired) electrons. The molecule has 6 heteroatoms. The van der Waals surface area contributed by atoms with Crippen molar-refractivity contribution in [3.8, 4) is 28.4 Å². The Morgan fingerprint density at radius 2 is 1.08 bits per heavy atom. The molecule has 5 nitrogen and oxygen atoms in total. The van der Waals surface area contributed by atoms with Crippen molar-refractivity contribution in [2.45, 2.75) is 124 Å². The van der Waals surface area contributed by atoms with Gasteiger partial charge in [0.25, 0.3) is 0 Å². The number of benzene rings is 7. The number of hydrogen-bond donors (Lipinski definition) is 0. The van der Waals surface area contributed by atoms with Crippen LogP contribution in [0.15, 0.2) is 158 Å². The molecule has 10 rings (SSSR count). The number of aromatic nitrogens is 2. The summed E-state index contributed by atoms with van der Waals surface area (Å²) in [4.78, 5) is 9.62. The first-order valence-electron chi connectivity index (χ1n) is 25.5. The van der Waals surface area contributed by atoms with Crippen molar-refractivity contribution in [3.63, 3.8) is 0 Å². The molecule has 0 saturated heterocycles. The Kier molecular flexibility index (Phi) is 14.3. The Bertz CT molecular complexity index is 3490. The fourth-order valence-corrected chi connectivity index (χ4v) is 10.2. The van der Waals surface area contributed by atoms with Gasteiger partial charge >= 0.3 is 21.1 Å². The molecule has 0 spiro atoms. The van der Waals surface area contributed by atoms with Gasteiger partial charge in [0.1, 0.15) is 5.82 Å². The molecule has 9 aromatic rings. The summed E-state index contributed by atoms with van der Waals surface area (Å²) in [7, 11) is 0. The van der Waals surface area contributed by atoms with Crippen molar-refractivity contribution in [2.75, 3.05) is 9.80 Å². The van der Waals surface area contributed by atoms with Crippen LogP contribution in [0.3, 0.4) is 0 Å². The fourth-order valence-electron chi connectivity index (χ4n) is 10.2. The monoisotopic (exact) mass is 1160 g/mol. The topological polar surface area (TPSA) is 33.5 Å². The quantitative estimate of drug-likeness (QED) is 0.142. The van der Waals surface area contributed by atoms with Gasteiger partial charge in [0.15, 0.2) is 0 Å². The number of nitrogens with zero attached hydrogens (tertiary/aromatic N) is 4. The second-order valence-electron chi connectivity index (χ2n) is 24.4. The molecule has 7 aromatic carbocycles. The van der Waals surface area contributed by atoms with Gasteiger partial charge in [-0.1, -0.05) is 181 Å². The molecule has 380 valence electrons. The Hall–Kier alpha value is -6.42. The van der Waals surface area contributed by atoms with Gasteiger partial charge in [0.2, 0.25) is 0 Å². The predicted molar refractivity (Wildman–Crippen MR) is 309 cm³/mol. The number of anilines is 4. The molecular weight excluding hydrogens is 1080 g/mol. The average molecular weight is 1160 g/mol. The van der Waals surface area contributed by atoms with Gasteiger partial charge in [-0.25, -0.2) is 4.98 Å². The second kappa shape index (κ2) is 19.7. The second-order valence-corrected chi connectivity index (χ2v) is 24.4. The molecule has 0 saturated carbocycles. The average Bonchev–Trinajstić information content (AvgIpc) is 3.88. The van der Waals surface area contributed by atoms with Gasteiger partial charge in [-0.2, -0.15) is 12.1 Å². The molecule has 1 aliphatic rings. The molecule has 0 N–H and O–H groups in total. The summed E-state index contributed by atoms with van der Waals surface area (Å²) in [6.45, 7) is 34.4. The maximum atomic E-state index is 6.83. The van der Waals surface area contributed by atoms with Gasteiger partial charge in [0.05, 0.1) is 0 Å². The zero-order chi connectivity index (χ0) is 51.1. The Labute approximate surface area is 456 Å². The molecule has 0 fully saturated rings. The van der Waals surface area contributed by atoms with Crippen LogP contribution in [0.5, 0.6) is 11.5 Å². The van der Waals surface area contributed by atoms with Gasteiger partial charge in [-0.15, -0.1) is 48.1 Å². The summed E-state index contributed by atoms with van der Waals surface area (Å²) in [5, 5.41) is 2.27. The van der Waals surface area contributed by atoms with Crippen LogP contribution in [-0.2, 0) is 48.1 Å². The summed E-state index contributed by atoms with van der Waals surface area (Å²) < 4.78 is 9.07. The number of fused-ring (bicyclic) bond motifs is 4. The SMILES string of the molecule is CC(C)(C)c1ccnc(-n2c3[c-]c(Oc4[c-]c(N5[CH-]N(c6cc(-c7ccccc7)cc(C(C)(C)c7ccccc7)c6)c6cc(C(C)(C)C)c(C(C)(C)C)cc65)ccc4)ccc3c3cc(C(C)(C)C)ccc32)c1.[CH3-].[Pt+4]. The molecule has 1 aliphatic heterocycles.